The number of allylic oxidation sites excluding steroid dienone is 9. The van der Waals surface area contributed by atoms with Gasteiger partial charge in [-0.05, 0) is 157 Å². The van der Waals surface area contributed by atoms with Crippen molar-refractivity contribution in [1.29, 1.82) is 0 Å². The third kappa shape index (κ3) is 5.75. The molecular formula is C58H45B. The Bertz CT molecular complexity index is 2880. The minimum atomic E-state index is 0.0863. The van der Waals surface area contributed by atoms with Crippen LogP contribution >= 0.6 is 0 Å². The molecule has 3 heterocycles. The molecule has 4 aliphatic rings. The third-order valence-electron chi connectivity index (χ3n) is 13.3. The molecule has 280 valence electrons. The molecule has 3 aliphatic heterocycles. The average Bonchev–Trinajstić information content (AvgIpc) is 3.31. The van der Waals surface area contributed by atoms with Crippen LogP contribution in [0, 0.1) is 0 Å². The van der Waals surface area contributed by atoms with E-state index in [2.05, 4.69) is 196 Å². The molecule has 7 aromatic carbocycles. The molecule has 0 spiro atoms. The van der Waals surface area contributed by atoms with Crippen molar-refractivity contribution in [2.75, 3.05) is 0 Å². The first kappa shape index (κ1) is 35.5. The molecule has 0 saturated heterocycles. The van der Waals surface area contributed by atoms with Crippen LogP contribution in [-0.2, 0) is 19.3 Å². The molecule has 11 rings (SSSR count). The van der Waals surface area contributed by atoms with Crippen LogP contribution in [0.3, 0.4) is 0 Å². The maximum atomic E-state index is 4.43. The van der Waals surface area contributed by atoms with Crippen molar-refractivity contribution >= 4 is 34.2 Å². The largest absolute Gasteiger partial charge is 0.243 e. The van der Waals surface area contributed by atoms with Gasteiger partial charge in [0.05, 0.1) is 0 Å². The summed E-state index contributed by atoms with van der Waals surface area (Å²) >= 11 is 0. The van der Waals surface area contributed by atoms with Crippen molar-refractivity contribution in [3.05, 3.63) is 233 Å². The molecule has 7 aromatic rings. The van der Waals surface area contributed by atoms with E-state index in [0.717, 1.165) is 32.1 Å². The first-order chi connectivity index (χ1) is 29.2. The Balaban J connectivity index is 1.34. The van der Waals surface area contributed by atoms with Crippen molar-refractivity contribution in [3.63, 3.8) is 0 Å². The predicted molar refractivity (Wildman–Crippen MR) is 253 cm³/mol. The van der Waals surface area contributed by atoms with Crippen LogP contribution in [-0.4, -0.2) is 6.71 Å². The van der Waals surface area contributed by atoms with Crippen LogP contribution in [0.1, 0.15) is 64.3 Å². The second kappa shape index (κ2) is 14.6. The van der Waals surface area contributed by atoms with Crippen molar-refractivity contribution in [1.82, 2.24) is 0 Å². The molecule has 0 saturated carbocycles. The minimum absolute atomic E-state index is 0.0863. The van der Waals surface area contributed by atoms with Gasteiger partial charge in [-0.15, -0.1) is 0 Å². The molecule has 0 N–H and O–H groups in total. The quantitative estimate of drug-likeness (QED) is 0.107. The molecule has 0 amide bonds. The summed E-state index contributed by atoms with van der Waals surface area (Å²) in [6.07, 6.45) is 20.7. The van der Waals surface area contributed by atoms with E-state index in [1.807, 2.05) is 0 Å². The number of rotatable bonds is 8. The number of benzene rings is 7. The lowest BCUT2D eigenvalue weighted by atomic mass is 9.27. The van der Waals surface area contributed by atoms with Gasteiger partial charge in [0, 0.05) is 0 Å². The van der Waals surface area contributed by atoms with Gasteiger partial charge in [-0.1, -0.05) is 187 Å². The standard InChI is InChI=1S/C58H45B/c1-3-5-21-38(4-2)44-32-45(39-22-11-6-12-23-39)52-36-53-48(42-28-17-9-18-29-42)34-49(43-30-19-10-20-31-43)55-37-54-47(41-26-15-8-16-27-41)33-46(40-24-13-7-14-25-40)51-35-50(44)56(52)59(57(51)54)58(53)55/h3-6,8-13,15-34H,2,7,14,35-37H2,1H3/b5-3-,38-21+. The van der Waals surface area contributed by atoms with E-state index in [1.54, 1.807) is 5.46 Å². The topological polar surface area (TPSA) is 0 Å². The summed E-state index contributed by atoms with van der Waals surface area (Å²) in [6.45, 7) is 6.61. The third-order valence-corrected chi connectivity index (χ3v) is 13.3. The Labute approximate surface area is 349 Å². The molecule has 0 radical (unpaired) electrons. The molecule has 1 aliphatic carbocycles. The van der Waals surface area contributed by atoms with Crippen LogP contribution < -0.4 is 16.4 Å². The van der Waals surface area contributed by atoms with Crippen molar-refractivity contribution in [2.24, 2.45) is 0 Å². The normalized spacial score (nSPS) is 14.6. The maximum absolute atomic E-state index is 4.43. The van der Waals surface area contributed by atoms with Gasteiger partial charge in [0.2, 0.25) is 6.71 Å². The van der Waals surface area contributed by atoms with Crippen LogP contribution in [0.25, 0.3) is 55.7 Å². The molecule has 1 heteroatoms. The SMILES string of the molecule is C=C/C(=C\C=C/C)c1cc(-c2ccccc2)c2c3c1Cc1c(C4=CCCC=C4)cc(-c4ccccc4)c4c1B3c1c(c(-c3ccccc3)cc(-c3ccccc3)c1C2)C4. The molecule has 0 atom stereocenters. The van der Waals surface area contributed by atoms with E-state index in [9.17, 15) is 0 Å². The van der Waals surface area contributed by atoms with Gasteiger partial charge in [0.15, 0.2) is 0 Å². The van der Waals surface area contributed by atoms with E-state index in [-0.39, 0.29) is 6.71 Å². The van der Waals surface area contributed by atoms with Crippen LogP contribution in [0.4, 0.5) is 0 Å². The highest BCUT2D eigenvalue weighted by atomic mass is 14.4. The summed E-state index contributed by atoms with van der Waals surface area (Å²) in [5.74, 6) is 0. The van der Waals surface area contributed by atoms with Crippen molar-refractivity contribution in [2.45, 2.75) is 39.0 Å². The van der Waals surface area contributed by atoms with Crippen LogP contribution in [0.2, 0.25) is 0 Å². The van der Waals surface area contributed by atoms with Crippen molar-refractivity contribution < 1.29 is 0 Å². The van der Waals surface area contributed by atoms with E-state index < -0.39 is 0 Å². The summed E-state index contributed by atoms with van der Waals surface area (Å²) in [5, 5.41) is 0. The summed E-state index contributed by atoms with van der Waals surface area (Å²) in [7, 11) is 0. The van der Waals surface area contributed by atoms with E-state index >= 15 is 0 Å². The molecule has 0 aromatic heterocycles. The lowest BCUT2D eigenvalue weighted by Gasteiger charge is -2.44. The Morgan fingerprint density at radius 3 is 1.37 bits per heavy atom. The Morgan fingerprint density at radius 2 is 0.932 bits per heavy atom. The highest BCUT2D eigenvalue weighted by Gasteiger charge is 2.46. The molecule has 59 heavy (non-hydrogen) atoms. The minimum Gasteiger partial charge on any atom is -0.0984 e. The van der Waals surface area contributed by atoms with E-state index in [1.165, 1.54) is 111 Å². The second-order valence-corrected chi connectivity index (χ2v) is 16.4. The highest BCUT2D eigenvalue weighted by Crippen LogP contribution is 2.45. The van der Waals surface area contributed by atoms with Gasteiger partial charge in [-0.2, -0.15) is 0 Å². The fourth-order valence-corrected chi connectivity index (χ4v) is 10.8. The lowest BCUT2D eigenvalue weighted by Crippen LogP contribution is -2.65. The van der Waals surface area contributed by atoms with Crippen LogP contribution in [0.15, 0.2) is 189 Å². The predicted octanol–water partition coefficient (Wildman–Crippen LogP) is 12.5. The highest BCUT2D eigenvalue weighted by molar-refractivity contribution is 6.98. The first-order valence-corrected chi connectivity index (χ1v) is 21.3. The fraction of sp³-hybridized carbons (Fsp3) is 0.103. The maximum Gasteiger partial charge on any atom is 0.243 e. The zero-order valence-electron chi connectivity index (χ0n) is 33.6. The van der Waals surface area contributed by atoms with Gasteiger partial charge in [0.1, 0.15) is 0 Å². The first-order valence-electron chi connectivity index (χ1n) is 21.3. The zero-order valence-corrected chi connectivity index (χ0v) is 33.6. The summed E-state index contributed by atoms with van der Waals surface area (Å²) in [4.78, 5) is 0. The Kier molecular flexibility index (Phi) is 8.78. The molecular weight excluding hydrogens is 707 g/mol. The monoisotopic (exact) mass is 752 g/mol. The number of hydrogen-bond donors (Lipinski definition) is 0. The van der Waals surface area contributed by atoms with Gasteiger partial charge in [-0.25, -0.2) is 0 Å². The van der Waals surface area contributed by atoms with Gasteiger partial charge >= 0.3 is 0 Å². The summed E-state index contributed by atoms with van der Waals surface area (Å²) in [5.41, 5.74) is 29.2. The van der Waals surface area contributed by atoms with Gasteiger partial charge in [0.25, 0.3) is 0 Å². The van der Waals surface area contributed by atoms with Crippen LogP contribution in [0.5, 0.6) is 0 Å². The van der Waals surface area contributed by atoms with Crippen molar-refractivity contribution in [3.8, 4) is 44.5 Å². The average molecular weight is 753 g/mol. The zero-order chi connectivity index (χ0) is 39.5. The van der Waals surface area contributed by atoms with Gasteiger partial charge < -0.3 is 0 Å². The van der Waals surface area contributed by atoms with Gasteiger partial charge in [-0.3, -0.25) is 0 Å². The number of hydrogen-bond acceptors (Lipinski definition) is 0. The molecule has 0 fully saturated rings. The smallest absolute Gasteiger partial charge is 0.0984 e. The second-order valence-electron chi connectivity index (χ2n) is 16.4. The van der Waals surface area contributed by atoms with E-state index in [4.69, 9.17) is 0 Å². The lowest BCUT2D eigenvalue weighted by molar-refractivity contribution is 1.04. The Morgan fingerprint density at radius 1 is 0.508 bits per heavy atom. The van der Waals surface area contributed by atoms with E-state index in [0.29, 0.717) is 0 Å². The summed E-state index contributed by atoms with van der Waals surface area (Å²) < 4.78 is 0. The molecule has 0 bridgehead atoms. The molecule has 0 nitrogen and oxygen atoms in total. The fourth-order valence-electron chi connectivity index (χ4n) is 10.8. The summed E-state index contributed by atoms with van der Waals surface area (Å²) in [6, 6.07) is 52.3. The molecule has 0 unspecified atom stereocenters. The Hall–Kier alpha value is -6.70.